The number of nitrogens with zero attached hydrogens (tertiary/aromatic N) is 1. The molecule has 1 amide bonds. The Hall–Kier alpha value is -2.73. The predicted octanol–water partition coefficient (Wildman–Crippen LogP) is 3.65. The number of amides is 1. The van der Waals surface area contributed by atoms with Gasteiger partial charge in [-0.25, -0.2) is 9.69 Å². The number of carbonyl (C=O) groups excluding carboxylic acids is 1. The van der Waals surface area contributed by atoms with Gasteiger partial charge in [0.1, 0.15) is 0 Å². The normalized spacial score (nSPS) is 9.38. The molecular formula is C18H17NO2. The second-order valence-electron chi connectivity index (χ2n) is 4.37. The maximum atomic E-state index is 12.0. The second-order valence-corrected chi connectivity index (χ2v) is 4.37. The maximum Gasteiger partial charge on any atom is 0.421 e. The molecular weight excluding hydrogens is 262 g/mol. The smallest absolute Gasteiger partial charge is 0.421 e. The van der Waals surface area contributed by atoms with Gasteiger partial charge in [-0.15, -0.1) is 0 Å². The van der Waals surface area contributed by atoms with Crippen molar-refractivity contribution in [2.75, 3.05) is 6.61 Å². The molecule has 0 atom stereocenters. The zero-order chi connectivity index (χ0) is 14.9. The Morgan fingerprint density at radius 1 is 1.05 bits per heavy atom. The van der Waals surface area contributed by atoms with E-state index < -0.39 is 6.09 Å². The number of hydrogen-bond acceptors (Lipinski definition) is 2. The molecule has 106 valence electrons. The van der Waals surface area contributed by atoms with E-state index in [0.717, 1.165) is 11.1 Å². The number of carbonyl (C=O) groups is 1. The summed E-state index contributed by atoms with van der Waals surface area (Å²) in [6.45, 7) is 2.51. The molecule has 3 nitrogen and oxygen atoms in total. The Bertz CT molecular complexity index is 627. The zero-order valence-electron chi connectivity index (χ0n) is 12.0. The molecule has 3 heteroatoms. The molecule has 2 rings (SSSR count). The largest absolute Gasteiger partial charge is 0.449 e. The molecule has 0 aliphatic rings. The van der Waals surface area contributed by atoms with E-state index in [0.29, 0.717) is 13.2 Å². The van der Waals surface area contributed by atoms with Crippen LogP contribution in [0, 0.1) is 12.0 Å². The first-order chi connectivity index (χ1) is 10.3. The van der Waals surface area contributed by atoms with E-state index in [9.17, 15) is 4.79 Å². The molecule has 0 aromatic heterocycles. The van der Waals surface area contributed by atoms with Crippen molar-refractivity contribution in [1.29, 1.82) is 0 Å². The molecule has 0 aliphatic carbocycles. The van der Waals surface area contributed by atoms with Crippen LogP contribution in [-0.4, -0.2) is 17.6 Å². The van der Waals surface area contributed by atoms with Crippen molar-refractivity contribution in [3.8, 4) is 12.0 Å². The third-order valence-electron chi connectivity index (χ3n) is 2.78. The lowest BCUT2D eigenvalue weighted by Gasteiger charge is -2.15. The standard InChI is InChI=1S/C18H17NO2/c1-2-21-18(20)19(15-17-11-7-4-8-12-17)14-13-16-9-5-3-6-10-16/h3-12H,2,15H2,1H3. The van der Waals surface area contributed by atoms with Crippen molar-refractivity contribution in [3.05, 3.63) is 71.8 Å². The lowest BCUT2D eigenvalue weighted by Crippen LogP contribution is -2.26. The highest BCUT2D eigenvalue weighted by atomic mass is 16.6. The van der Waals surface area contributed by atoms with Crippen LogP contribution in [-0.2, 0) is 11.3 Å². The fourth-order valence-corrected chi connectivity index (χ4v) is 1.77. The van der Waals surface area contributed by atoms with Crippen molar-refractivity contribution < 1.29 is 9.53 Å². The Kier molecular flexibility index (Phi) is 5.42. The monoisotopic (exact) mass is 279 g/mol. The first-order valence-corrected chi connectivity index (χ1v) is 6.84. The fourth-order valence-electron chi connectivity index (χ4n) is 1.77. The summed E-state index contributed by atoms with van der Waals surface area (Å²) < 4.78 is 5.05. The van der Waals surface area contributed by atoms with E-state index in [1.807, 2.05) is 60.7 Å². The second kappa shape index (κ2) is 7.76. The molecule has 0 spiro atoms. The van der Waals surface area contributed by atoms with Crippen LogP contribution in [0.4, 0.5) is 4.79 Å². The van der Waals surface area contributed by atoms with E-state index in [4.69, 9.17) is 4.74 Å². The Morgan fingerprint density at radius 3 is 2.29 bits per heavy atom. The van der Waals surface area contributed by atoms with Gasteiger partial charge in [-0.05, 0) is 30.5 Å². The van der Waals surface area contributed by atoms with Crippen molar-refractivity contribution >= 4 is 6.09 Å². The Morgan fingerprint density at radius 2 is 1.67 bits per heavy atom. The van der Waals surface area contributed by atoms with Gasteiger partial charge in [0.25, 0.3) is 0 Å². The van der Waals surface area contributed by atoms with Crippen LogP contribution in [0.15, 0.2) is 60.7 Å². The Balaban J connectivity index is 2.17. The van der Waals surface area contributed by atoms with Crippen LogP contribution >= 0.6 is 0 Å². The summed E-state index contributed by atoms with van der Waals surface area (Å²) in [5.41, 5.74) is 1.87. The fraction of sp³-hybridized carbons (Fsp3) is 0.167. The summed E-state index contributed by atoms with van der Waals surface area (Å²) in [5, 5.41) is 0. The van der Waals surface area contributed by atoms with Crippen LogP contribution in [0.3, 0.4) is 0 Å². The van der Waals surface area contributed by atoms with Gasteiger partial charge in [-0.2, -0.15) is 0 Å². The summed E-state index contributed by atoms with van der Waals surface area (Å²) >= 11 is 0. The number of ether oxygens (including phenoxy) is 1. The molecule has 0 aliphatic heterocycles. The summed E-state index contributed by atoms with van der Waals surface area (Å²) in [6.07, 6.45) is -0.426. The van der Waals surface area contributed by atoms with Gasteiger partial charge in [0, 0.05) is 11.6 Å². The van der Waals surface area contributed by atoms with Crippen LogP contribution < -0.4 is 0 Å². The van der Waals surface area contributed by atoms with E-state index >= 15 is 0 Å². The number of rotatable bonds is 3. The van der Waals surface area contributed by atoms with Gasteiger partial charge in [0.2, 0.25) is 0 Å². The minimum atomic E-state index is -0.426. The van der Waals surface area contributed by atoms with E-state index in [1.54, 1.807) is 6.92 Å². The highest BCUT2D eigenvalue weighted by Crippen LogP contribution is 2.06. The number of hydrogen-bond donors (Lipinski definition) is 0. The highest BCUT2D eigenvalue weighted by molar-refractivity contribution is 5.70. The molecule has 0 heterocycles. The molecule has 0 saturated carbocycles. The average molecular weight is 279 g/mol. The summed E-state index contributed by atoms with van der Waals surface area (Å²) in [5.74, 6) is 2.98. The predicted molar refractivity (Wildman–Crippen MR) is 82.3 cm³/mol. The first kappa shape index (κ1) is 14.7. The average Bonchev–Trinajstić information content (AvgIpc) is 2.53. The summed E-state index contributed by atoms with van der Waals surface area (Å²) in [4.78, 5) is 13.4. The SMILES string of the molecule is CCOC(=O)N(C#Cc1ccccc1)Cc1ccccc1. The van der Waals surface area contributed by atoms with Crippen molar-refractivity contribution in [3.63, 3.8) is 0 Å². The minimum absolute atomic E-state index is 0.330. The molecule has 0 N–H and O–H groups in total. The van der Waals surface area contributed by atoms with Gasteiger partial charge in [-0.1, -0.05) is 48.5 Å². The molecule has 0 bridgehead atoms. The Labute approximate surface area is 125 Å². The van der Waals surface area contributed by atoms with Crippen LogP contribution in [0.2, 0.25) is 0 Å². The van der Waals surface area contributed by atoms with E-state index in [2.05, 4.69) is 12.0 Å². The van der Waals surface area contributed by atoms with Crippen LogP contribution in [0.5, 0.6) is 0 Å². The zero-order valence-corrected chi connectivity index (χ0v) is 12.0. The summed E-state index contributed by atoms with van der Waals surface area (Å²) in [6, 6.07) is 22.2. The van der Waals surface area contributed by atoms with Gasteiger partial charge >= 0.3 is 6.09 Å². The third kappa shape index (κ3) is 4.70. The van der Waals surface area contributed by atoms with E-state index in [-0.39, 0.29) is 0 Å². The van der Waals surface area contributed by atoms with Gasteiger partial charge in [0.05, 0.1) is 13.2 Å². The molecule has 0 fully saturated rings. The third-order valence-corrected chi connectivity index (χ3v) is 2.78. The van der Waals surface area contributed by atoms with Crippen molar-refractivity contribution in [2.45, 2.75) is 13.5 Å². The van der Waals surface area contributed by atoms with Crippen molar-refractivity contribution in [2.24, 2.45) is 0 Å². The lowest BCUT2D eigenvalue weighted by molar-refractivity contribution is 0.123. The topological polar surface area (TPSA) is 29.5 Å². The molecule has 2 aromatic rings. The van der Waals surface area contributed by atoms with Crippen molar-refractivity contribution in [1.82, 2.24) is 4.90 Å². The van der Waals surface area contributed by atoms with Crippen LogP contribution in [0.25, 0.3) is 0 Å². The maximum absolute atomic E-state index is 12.0. The van der Waals surface area contributed by atoms with Gasteiger partial charge in [-0.3, -0.25) is 0 Å². The highest BCUT2D eigenvalue weighted by Gasteiger charge is 2.12. The first-order valence-electron chi connectivity index (χ1n) is 6.84. The molecule has 0 unspecified atom stereocenters. The molecule has 0 radical (unpaired) electrons. The van der Waals surface area contributed by atoms with Gasteiger partial charge < -0.3 is 4.74 Å². The molecule has 2 aromatic carbocycles. The van der Waals surface area contributed by atoms with E-state index in [1.165, 1.54) is 4.90 Å². The quantitative estimate of drug-likeness (QED) is 0.634. The molecule has 21 heavy (non-hydrogen) atoms. The minimum Gasteiger partial charge on any atom is -0.449 e. The summed E-state index contributed by atoms with van der Waals surface area (Å²) in [7, 11) is 0. The number of benzene rings is 2. The lowest BCUT2D eigenvalue weighted by atomic mass is 10.2. The van der Waals surface area contributed by atoms with Gasteiger partial charge in [0.15, 0.2) is 0 Å². The van der Waals surface area contributed by atoms with Crippen LogP contribution in [0.1, 0.15) is 18.1 Å². The molecule has 0 saturated heterocycles.